The van der Waals surface area contributed by atoms with Crippen LogP contribution in [0.5, 0.6) is 5.75 Å². The lowest BCUT2D eigenvalue weighted by Crippen LogP contribution is -2.29. The van der Waals surface area contributed by atoms with Gasteiger partial charge in [0.05, 0.1) is 24.1 Å². The highest BCUT2D eigenvalue weighted by Crippen LogP contribution is 2.25. The second-order valence-corrected chi connectivity index (χ2v) is 8.36. The molecular formula is C22H25N3O3S. The number of benzene rings is 1. The van der Waals surface area contributed by atoms with Crippen molar-refractivity contribution < 1.29 is 9.47 Å². The Morgan fingerprint density at radius 3 is 2.83 bits per heavy atom. The van der Waals surface area contributed by atoms with Crippen LogP contribution in [0.1, 0.15) is 32.3 Å². The monoisotopic (exact) mass is 411 g/mol. The second-order valence-electron chi connectivity index (χ2n) is 7.42. The van der Waals surface area contributed by atoms with Gasteiger partial charge in [-0.15, -0.1) is 0 Å². The van der Waals surface area contributed by atoms with Crippen molar-refractivity contribution in [2.24, 2.45) is 0 Å². The van der Waals surface area contributed by atoms with Crippen LogP contribution < -0.4 is 10.3 Å². The molecule has 1 aliphatic heterocycles. The Morgan fingerprint density at radius 2 is 2.10 bits per heavy atom. The molecular weight excluding hydrogens is 386 g/mol. The Labute approximate surface area is 174 Å². The molecule has 0 amide bonds. The molecule has 4 rings (SSSR count). The molecule has 1 unspecified atom stereocenters. The molecule has 1 fully saturated rings. The minimum atomic E-state index is -0.0539. The van der Waals surface area contributed by atoms with Gasteiger partial charge in [-0.05, 0) is 56.5 Å². The molecule has 2 aromatic heterocycles. The summed E-state index contributed by atoms with van der Waals surface area (Å²) in [6, 6.07) is 11.6. The summed E-state index contributed by atoms with van der Waals surface area (Å²) in [5.74, 6) is 1.57. The lowest BCUT2D eigenvalue weighted by molar-refractivity contribution is 0.0937. The van der Waals surface area contributed by atoms with Gasteiger partial charge in [-0.3, -0.25) is 9.36 Å². The normalized spacial score (nSPS) is 16.6. The minimum absolute atomic E-state index is 0.0539. The predicted molar refractivity (Wildman–Crippen MR) is 115 cm³/mol. The first-order valence-corrected chi connectivity index (χ1v) is 10.9. The molecule has 152 valence electrons. The molecule has 1 atom stereocenters. The van der Waals surface area contributed by atoms with Gasteiger partial charge in [0.2, 0.25) is 0 Å². The van der Waals surface area contributed by atoms with Crippen LogP contribution in [0, 0.1) is 0 Å². The van der Waals surface area contributed by atoms with E-state index in [1.807, 2.05) is 38.1 Å². The van der Waals surface area contributed by atoms with Crippen LogP contribution in [0.25, 0.3) is 11.0 Å². The molecule has 6 nitrogen and oxygen atoms in total. The zero-order valence-corrected chi connectivity index (χ0v) is 17.5. The third kappa shape index (κ3) is 4.79. The number of ether oxygens (including phenoxy) is 2. The van der Waals surface area contributed by atoms with Crippen molar-refractivity contribution in [3.63, 3.8) is 0 Å². The van der Waals surface area contributed by atoms with E-state index in [0.29, 0.717) is 28.5 Å². The van der Waals surface area contributed by atoms with Crippen molar-refractivity contribution in [1.29, 1.82) is 0 Å². The number of rotatable bonds is 7. The molecule has 29 heavy (non-hydrogen) atoms. The van der Waals surface area contributed by atoms with Crippen molar-refractivity contribution >= 4 is 22.8 Å². The van der Waals surface area contributed by atoms with Crippen LogP contribution >= 0.6 is 11.8 Å². The summed E-state index contributed by atoms with van der Waals surface area (Å²) in [7, 11) is 0. The summed E-state index contributed by atoms with van der Waals surface area (Å²) in [6.45, 7) is 5.31. The van der Waals surface area contributed by atoms with E-state index in [2.05, 4.69) is 9.97 Å². The molecule has 1 aliphatic rings. The number of fused-ring (bicyclic) bond motifs is 1. The van der Waals surface area contributed by atoms with E-state index in [1.165, 1.54) is 0 Å². The number of nitrogens with zero attached hydrogens (tertiary/aromatic N) is 3. The van der Waals surface area contributed by atoms with E-state index in [9.17, 15) is 4.79 Å². The number of hydrogen-bond donors (Lipinski definition) is 0. The average molecular weight is 412 g/mol. The Hall–Kier alpha value is -2.38. The predicted octanol–water partition coefficient (Wildman–Crippen LogP) is 4.05. The molecule has 3 heterocycles. The Morgan fingerprint density at radius 1 is 1.28 bits per heavy atom. The summed E-state index contributed by atoms with van der Waals surface area (Å²) >= 11 is 1.55. The van der Waals surface area contributed by atoms with Crippen molar-refractivity contribution in [2.45, 2.75) is 56.4 Å². The Bertz CT molecular complexity index is 1030. The molecule has 1 saturated heterocycles. The number of pyridine rings is 1. The fourth-order valence-corrected chi connectivity index (χ4v) is 4.34. The second kappa shape index (κ2) is 8.97. The largest absolute Gasteiger partial charge is 0.491 e. The SMILES string of the molecule is CC(C)Oc1ccc(CSc2nc3ncccc3c(=O)n2CC2CCCO2)cc1. The van der Waals surface area contributed by atoms with Gasteiger partial charge >= 0.3 is 0 Å². The lowest BCUT2D eigenvalue weighted by atomic mass is 10.2. The van der Waals surface area contributed by atoms with Gasteiger partial charge < -0.3 is 9.47 Å². The van der Waals surface area contributed by atoms with Crippen LogP contribution in [0.2, 0.25) is 0 Å². The summed E-state index contributed by atoms with van der Waals surface area (Å²) in [5, 5.41) is 1.23. The van der Waals surface area contributed by atoms with E-state index in [4.69, 9.17) is 9.47 Å². The number of hydrogen-bond acceptors (Lipinski definition) is 6. The van der Waals surface area contributed by atoms with Crippen LogP contribution in [-0.4, -0.2) is 33.3 Å². The quantitative estimate of drug-likeness (QED) is 0.432. The molecule has 0 bridgehead atoms. The van der Waals surface area contributed by atoms with Gasteiger partial charge in [-0.1, -0.05) is 23.9 Å². The molecule has 0 aliphatic carbocycles. The van der Waals surface area contributed by atoms with E-state index >= 15 is 0 Å². The maximum absolute atomic E-state index is 13.1. The fourth-order valence-electron chi connectivity index (χ4n) is 3.38. The first kappa shape index (κ1) is 19.9. The third-order valence-corrected chi connectivity index (χ3v) is 5.82. The van der Waals surface area contributed by atoms with Crippen molar-refractivity contribution in [3.8, 4) is 5.75 Å². The lowest BCUT2D eigenvalue weighted by Gasteiger charge is -2.16. The Balaban J connectivity index is 1.58. The van der Waals surface area contributed by atoms with Gasteiger partial charge in [-0.2, -0.15) is 0 Å². The van der Waals surface area contributed by atoms with Gasteiger partial charge in [0.1, 0.15) is 5.75 Å². The van der Waals surface area contributed by atoms with Crippen LogP contribution in [0.4, 0.5) is 0 Å². The average Bonchev–Trinajstić information content (AvgIpc) is 3.23. The van der Waals surface area contributed by atoms with E-state index in [-0.39, 0.29) is 17.8 Å². The smallest absolute Gasteiger partial charge is 0.263 e. The summed E-state index contributed by atoms with van der Waals surface area (Å²) in [6.07, 6.45) is 3.89. The molecule has 0 N–H and O–H groups in total. The van der Waals surface area contributed by atoms with Crippen LogP contribution in [0.3, 0.4) is 0 Å². The third-order valence-electron chi connectivity index (χ3n) is 4.77. The summed E-state index contributed by atoms with van der Waals surface area (Å²) < 4.78 is 13.2. The highest BCUT2D eigenvalue weighted by molar-refractivity contribution is 7.98. The van der Waals surface area contributed by atoms with Crippen molar-refractivity contribution in [3.05, 3.63) is 58.5 Å². The number of aromatic nitrogens is 3. The molecule has 7 heteroatoms. The topological polar surface area (TPSA) is 66.2 Å². The molecule has 0 saturated carbocycles. The zero-order valence-electron chi connectivity index (χ0n) is 16.7. The van der Waals surface area contributed by atoms with E-state index in [1.54, 1.807) is 34.7 Å². The van der Waals surface area contributed by atoms with Gasteiger partial charge in [0.15, 0.2) is 10.8 Å². The maximum Gasteiger partial charge on any atom is 0.263 e. The fraction of sp³-hybridized carbons (Fsp3) is 0.409. The first-order valence-electron chi connectivity index (χ1n) is 9.96. The molecule has 0 radical (unpaired) electrons. The minimum Gasteiger partial charge on any atom is -0.491 e. The van der Waals surface area contributed by atoms with E-state index in [0.717, 1.165) is 30.8 Å². The highest BCUT2D eigenvalue weighted by atomic mass is 32.2. The van der Waals surface area contributed by atoms with Crippen molar-refractivity contribution in [2.75, 3.05) is 6.61 Å². The standard InChI is InChI=1S/C22H25N3O3S/c1-15(2)28-17-9-7-16(8-10-17)14-29-22-24-20-19(6-3-11-23-20)21(26)25(22)13-18-5-4-12-27-18/h3,6-11,15,18H,4-5,12-14H2,1-2H3. The molecule has 1 aromatic carbocycles. The first-order chi connectivity index (χ1) is 14.1. The molecule has 3 aromatic rings. The van der Waals surface area contributed by atoms with Gasteiger partial charge in [0, 0.05) is 18.6 Å². The van der Waals surface area contributed by atoms with Crippen LogP contribution in [0.15, 0.2) is 52.5 Å². The zero-order chi connectivity index (χ0) is 20.2. The van der Waals surface area contributed by atoms with Crippen LogP contribution in [-0.2, 0) is 17.0 Å². The Kier molecular flexibility index (Phi) is 6.16. The highest BCUT2D eigenvalue weighted by Gasteiger charge is 2.20. The van der Waals surface area contributed by atoms with E-state index < -0.39 is 0 Å². The summed E-state index contributed by atoms with van der Waals surface area (Å²) in [5.41, 5.74) is 1.58. The number of thioether (sulfide) groups is 1. The van der Waals surface area contributed by atoms with Crippen molar-refractivity contribution in [1.82, 2.24) is 14.5 Å². The summed E-state index contributed by atoms with van der Waals surface area (Å²) in [4.78, 5) is 22.1. The van der Waals surface area contributed by atoms with Gasteiger partial charge in [0.25, 0.3) is 5.56 Å². The molecule has 0 spiro atoms. The van der Waals surface area contributed by atoms with Gasteiger partial charge in [-0.25, -0.2) is 9.97 Å². The maximum atomic E-state index is 13.1.